The van der Waals surface area contributed by atoms with Crippen LogP contribution in [0, 0.1) is 11.3 Å². The normalized spacial score (nSPS) is 26.0. The molecule has 2 heterocycles. The fourth-order valence-corrected chi connectivity index (χ4v) is 3.80. The van der Waals surface area contributed by atoms with Crippen LogP contribution < -0.4 is 9.47 Å². The molecule has 8 heteroatoms. The summed E-state index contributed by atoms with van der Waals surface area (Å²) in [5, 5.41) is 9.63. The lowest BCUT2D eigenvalue weighted by molar-refractivity contribution is -0.149. The monoisotopic (exact) mass is 321 g/mol. The van der Waals surface area contributed by atoms with Gasteiger partial charge in [-0.2, -0.15) is 0 Å². The van der Waals surface area contributed by atoms with Crippen molar-refractivity contribution in [1.82, 2.24) is 14.9 Å². The molecule has 1 saturated carbocycles. The average Bonchev–Trinajstić information content (AvgIpc) is 3.11. The zero-order valence-corrected chi connectivity index (χ0v) is 13.1. The zero-order chi connectivity index (χ0) is 16.6. The Morgan fingerprint density at radius 3 is 2.48 bits per heavy atom. The van der Waals surface area contributed by atoms with E-state index in [0.29, 0.717) is 13.0 Å². The Morgan fingerprint density at radius 2 is 1.96 bits per heavy atom. The molecule has 1 saturated heterocycles. The maximum atomic E-state index is 12.9. The number of ether oxygens (including phenoxy) is 2. The van der Waals surface area contributed by atoms with Gasteiger partial charge in [-0.25, -0.2) is 9.97 Å². The molecule has 0 radical (unpaired) electrons. The number of rotatable bonds is 4. The van der Waals surface area contributed by atoms with Crippen molar-refractivity contribution in [2.24, 2.45) is 11.3 Å². The van der Waals surface area contributed by atoms with Gasteiger partial charge < -0.3 is 19.5 Å². The van der Waals surface area contributed by atoms with E-state index in [1.54, 1.807) is 4.90 Å². The standard InChI is InChI=1S/C15H19N3O5/c1-22-11-10(12(23-2)17-8-16-11)13(19)18-6-9-4-3-5-15(9,7-18)14(20)21/h8-9H,3-7H2,1-2H3,(H,20,21)/t9-,15+/m0/s1. The van der Waals surface area contributed by atoms with Crippen molar-refractivity contribution < 1.29 is 24.2 Å². The van der Waals surface area contributed by atoms with Crippen LogP contribution >= 0.6 is 0 Å². The van der Waals surface area contributed by atoms with E-state index < -0.39 is 11.4 Å². The summed E-state index contributed by atoms with van der Waals surface area (Å²) >= 11 is 0. The van der Waals surface area contributed by atoms with Gasteiger partial charge in [-0.05, 0) is 18.8 Å². The highest BCUT2D eigenvalue weighted by Crippen LogP contribution is 2.49. The Labute approximate surface area is 133 Å². The molecule has 2 aliphatic rings. The number of carbonyl (C=O) groups is 2. The third-order valence-corrected chi connectivity index (χ3v) is 4.96. The summed E-state index contributed by atoms with van der Waals surface area (Å²) in [6.07, 6.45) is 3.58. The van der Waals surface area contributed by atoms with E-state index in [9.17, 15) is 14.7 Å². The van der Waals surface area contributed by atoms with Crippen molar-refractivity contribution in [3.05, 3.63) is 11.9 Å². The number of amides is 1. The first-order valence-corrected chi connectivity index (χ1v) is 7.49. The van der Waals surface area contributed by atoms with Gasteiger partial charge in [-0.1, -0.05) is 6.42 Å². The van der Waals surface area contributed by atoms with E-state index >= 15 is 0 Å². The Morgan fingerprint density at radius 1 is 1.30 bits per heavy atom. The second-order valence-corrected chi connectivity index (χ2v) is 6.00. The summed E-state index contributed by atoms with van der Waals surface area (Å²) in [5.74, 6) is -0.926. The number of carboxylic acid groups (broad SMARTS) is 1. The van der Waals surface area contributed by atoms with E-state index in [0.717, 1.165) is 12.8 Å². The third-order valence-electron chi connectivity index (χ3n) is 4.96. The molecule has 0 unspecified atom stereocenters. The van der Waals surface area contributed by atoms with E-state index in [1.807, 2.05) is 0 Å². The molecular weight excluding hydrogens is 302 g/mol. The molecule has 1 N–H and O–H groups in total. The van der Waals surface area contributed by atoms with Crippen molar-refractivity contribution in [3.8, 4) is 11.8 Å². The zero-order valence-electron chi connectivity index (χ0n) is 13.1. The van der Waals surface area contributed by atoms with Crippen LogP contribution in [-0.4, -0.2) is 59.2 Å². The Hall–Kier alpha value is -2.38. The van der Waals surface area contributed by atoms with Gasteiger partial charge in [-0.3, -0.25) is 9.59 Å². The molecule has 1 aliphatic carbocycles. The summed E-state index contributed by atoms with van der Waals surface area (Å²) in [7, 11) is 2.83. The van der Waals surface area contributed by atoms with Gasteiger partial charge in [0.15, 0.2) is 5.56 Å². The van der Waals surface area contributed by atoms with Crippen LogP contribution in [0.3, 0.4) is 0 Å². The Bertz CT molecular complexity index is 628. The number of methoxy groups -OCH3 is 2. The minimum absolute atomic E-state index is 0.00873. The molecule has 0 spiro atoms. The molecule has 23 heavy (non-hydrogen) atoms. The smallest absolute Gasteiger partial charge is 0.311 e. The number of nitrogens with zero attached hydrogens (tertiary/aromatic N) is 3. The van der Waals surface area contributed by atoms with E-state index in [2.05, 4.69) is 9.97 Å². The molecule has 0 aromatic carbocycles. The first kappa shape index (κ1) is 15.5. The summed E-state index contributed by atoms with van der Waals surface area (Å²) in [5.41, 5.74) is -0.691. The summed E-state index contributed by atoms with van der Waals surface area (Å²) in [6.45, 7) is 0.624. The highest BCUT2D eigenvalue weighted by Gasteiger charge is 2.56. The molecule has 1 aliphatic heterocycles. The number of aliphatic carboxylic acids is 1. The van der Waals surface area contributed by atoms with Gasteiger partial charge in [0.25, 0.3) is 5.91 Å². The number of hydrogen-bond donors (Lipinski definition) is 1. The van der Waals surface area contributed by atoms with Crippen LogP contribution in [0.5, 0.6) is 11.8 Å². The van der Waals surface area contributed by atoms with Crippen molar-refractivity contribution >= 4 is 11.9 Å². The number of fused-ring (bicyclic) bond motifs is 1. The highest BCUT2D eigenvalue weighted by atomic mass is 16.5. The minimum Gasteiger partial charge on any atom is -0.481 e. The molecule has 0 bridgehead atoms. The molecule has 8 nitrogen and oxygen atoms in total. The van der Waals surface area contributed by atoms with Crippen LogP contribution in [0.2, 0.25) is 0 Å². The van der Waals surface area contributed by atoms with E-state index in [4.69, 9.17) is 9.47 Å². The first-order valence-electron chi connectivity index (χ1n) is 7.49. The van der Waals surface area contributed by atoms with Gasteiger partial charge in [0.05, 0.1) is 19.6 Å². The molecule has 2 fully saturated rings. The fraction of sp³-hybridized carbons (Fsp3) is 0.600. The average molecular weight is 321 g/mol. The molecule has 3 rings (SSSR count). The maximum Gasteiger partial charge on any atom is 0.311 e. The van der Waals surface area contributed by atoms with Crippen LogP contribution in [-0.2, 0) is 4.79 Å². The summed E-state index contributed by atoms with van der Waals surface area (Å²) < 4.78 is 10.3. The van der Waals surface area contributed by atoms with Gasteiger partial charge in [0.1, 0.15) is 6.33 Å². The molecule has 2 atom stereocenters. The predicted molar refractivity (Wildman–Crippen MR) is 78.4 cm³/mol. The number of aromatic nitrogens is 2. The Kier molecular flexibility index (Phi) is 3.83. The quantitative estimate of drug-likeness (QED) is 0.876. The lowest BCUT2D eigenvalue weighted by Gasteiger charge is -2.23. The number of carbonyl (C=O) groups excluding carboxylic acids is 1. The third kappa shape index (κ3) is 2.29. The van der Waals surface area contributed by atoms with Crippen LogP contribution in [0.1, 0.15) is 29.6 Å². The maximum absolute atomic E-state index is 12.9. The topological polar surface area (TPSA) is 102 Å². The van der Waals surface area contributed by atoms with Crippen molar-refractivity contribution in [1.29, 1.82) is 0 Å². The number of carboxylic acids is 1. The van der Waals surface area contributed by atoms with E-state index in [1.165, 1.54) is 20.5 Å². The van der Waals surface area contributed by atoms with E-state index in [-0.39, 0.29) is 35.7 Å². The van der Waals surface area contributed by atoms with Gasteiger partial charge in [0, 0.05) is 13.1 Å². The van der Waals surface area contributed by atoms with Crippen LogP contribution in [0.4, 0.5) is 0 Å². The molecular formula is C15H19N3O5. The first-order chi connectivity index (χ1) is 11.0. The van der Waals surface area contributed by atoms with Crippen molar-refractivity contribution in [3.63, 3.8) is 0 Å². The number of likely N-dealkylation sites (tertiary alicyclic amines) is 1. The van der Waals surface area contributed by atoms with Crippen molar-refractivity contribution in [2.45, 2.75) is 19.3 Å². The SMILES string of the molecule is COc1ncnc(OC)c1C(=O)N1C[C@@H]2CCC[C@@]2(C(=O)O)C1. The molecule has 1 aromatic rings. The molecule has 1 amide bonds. The summed E-state index contributed by atoms with van der Waals surface area (Å²) in [4.78, 5) is 34.1. The van der Waals surface area contributed by atoms with Gasteiger partial charge >= 0.3 is 5.97 Å². The minimum atomic E-state index is -0.828. The predicted octanol–water partition coefficient (Wildman–Crippen LogP) is 0.821. The van der Waals surface area contributed by atoms with Crippen LogP contribution in [0.15, 0.2) is 6.33 Å². The number of hydrogen-bond acceptors (Lipinski definition) is 6. The lowest BCUT2D eigenvalue weighted by Crippen LogP contribution is -2.37. The van der Waals surface area contributed by atoms with Crippen molar-refractivity contribution in [2.75, 3.05) is 27.3 Å². The largest absolute Gasteiger partial charge is 0.481 e. The molecule has 1 aromatic heterocycles. The second-order valence-electron chi connectivity index (χ2n) is 6.00. The fourth-order valence-electron chi connectivity index (χ4n) is 3.80. The van der Waals surface area contributed by atoms with Crippen LogP contribution in [0.25, 0.3) is 0 Å². The second kappa shape index (κ2) is 5.68. The van der Waals surface area contributed by atoms with Gasteiger partial charge in [-0.15, -0.1) is 0 Å². The summed E-state index contributed by atoms with van der Waals surface area (Å²) in [6, 6.07) is 0. The Balaban J connectivity index is 1.93. The lowest BCUT2D eigenvalue weighted by atomic mass is 9.81. The van der Waals surface area contributed by atoms with Gasteiger partial charge in [0.2, 0.25) is 11.8 Å². The highest BCUT2D eigenvalue weighted by molar-refractivity contribution is 5.99. The molecule has 124 valence electrons.